The molecule has 4 aromatic carbocycles. The predicted molar refractivity (Wildman–Crippen MR) is 178 cm³/mol. The van der Waals surface area contributed by atoms with Crippen LogP contribution in [-0.2, 0) is 20.7 Å². The number of aryl methyl sites for hydroxylation is 1. The van der Waals surface area contributed by atoms with Crippen molar-refractivity contribution in [3.8, 4) is 5.75 Å². The van der Waals surface area contributed by atoms with Crippen molar-refractivity contribution in [2.24, 2.45) is 0 Å². The van der Waals surface area contributed by atoms with E-state index < -0.39 is 41.6 Å². The number of carbonyl (C=O) groups is 3. The molecule has 3 N–H and O–H groups in total. The molecule has 236 valence electrons. The summed E-state index contributed by atoms with van der Waals surface area (Å²) in [7, 11) is 0. The molecule has 3 atom stereocenters. The maximum absolute atomic E-state index is 14.7. The van der Waals surface area contributed by atoms with Gasteiger partial charge in [-0.15, -0.1) is 0 Å². The van der Waals surface area contributed by atoms with Crippen LogP contribution in [0.5, 0.6) is 5.75 Å². The van der Waals surface area contributed by atoms with E-state index in [0.29, 0.717) is 23.2 Å². The molecule has 3 unspecified atom stereocenters. The van der Waals surface area contributed by atoms with Gasteiger partial charge < -0.3 is 25.4 Å². The Labute approximate surface area is 265 Å². The zero-order chi connectivity index (χ0) is 32.7. The van der Waals surface area contributed by atoms with Crippen molar-refractivity contribution in [3.05, 3.63) is 108 Å². The number of nitrogens with zero attached hydrogens (tertiary/aromatic N) is 1. The molecule has 0 spiro atoms. The number of anilines is 1. The van der Waals surface area contributed by atoms with Gasteiger partial charge in [0.25, 0.3) is 5.91 Å². The first-order valence-corrected chi connectivity index (χ1v) is 15.3. The smallest absolute Gasteiger partial charge is 0.408 e. The van der Waals surface area contributed by atoms with E-state index in [4.69, 9.17) is 4.74 Å². The largest absolute Gasteiger partial charge is 0.508 e. The molecule has 0 bridgehead atoms. The Morgan fingerprint density at radius 3 is 2.20 bits per heavy atom. The molecule has 0 aliphatic carbocycles. The Hall–Kier alpha value is -4.85. The lowest BCUT2D eigenvalue weighted by molar-refractivity contribution is -0.143. The number of benzene rings is 4. The van der Waals surface area contributed by atoms with Crippen LogP contribution in [0.15, 0.2) is 91.0 Å². The molecular formula is C37H43N3O5. The zero-order valence-electron chi connectivity index (χ0n) is 26.8. The summed E-state index contributed by atoms with van der Waals surface area (Å²) in [6.45, 7) is 10.8. The number of fused-ring (bicyclic) bond motifs is 1. The Morgan fingerprint density at radius 1 is 0.889 bits per heavy atom. The van der Waals surface area contributed by atoms with E-state index in [2.05, 4.69) is 10.6 Å². The third kappa shape index (κ3) is 8.62. The van der Waals surface area contributed by atoms with E-state index in [-0.39, 0.29) is 12.2 Å². The van der Waals surface area contributed by atoms with Gasteiger partial charge in [0.15, 0.2) is 0 Å². The fourth-order valence-corrected chi connectivity index (χ4v) is 5.24. The van der Waals surface area contributed by atoms with Crippen molar-refractivity contribution in [3.63, 3.8) is 0 Å². The molecule has 0 saturated carbocycles. The van der Waals surface area contributed by atoms with E-state index in [1.807, 2.05) is 86.6 Å². The highest BCUT2D eigenvalue weighted by Crippen LogP contribution is 2.31. The second-order valence-corrected chi connectivity index (χ2v) is 12.4. The van der Waals surface area contributed by atoms with E-state index in [1.54, 1.807) is 44.7 Å². The van der Waals surface area contributed by atoms with Crippen molar-refractivity contribution in [1.29, 1.82) is 0 Å². The lowest BCUT2D eigenvalue weighted by atomic mass is 9.96. The summed E-state index contributed by atoms with van der Waals surface area (Å²) in [5.74, 6) is -0.759. The van der Waals surface area contributed by atoms with E-state index in [1.165, 1.54) is 6.07 Å². The molecule has 4 aromatic rings. The maximum atomic E-state index is 14.7. The normalized spacial score (nSPS) is 13.4. The topological polar surface area (TPSA) is 108 Å². The number of alkyl carbamates (subject to hydrolysis) is 1. The summed E-state index contributed by atoms with van der Waals surface area (Å²) in [5.41, 5.74) is 1.76. The molecule has 0 radical (unpaired) electrons. The number of nitrogens with one attached hydrogen (secondary N) is 2. The number of hydrogen-bond donors (Lipinski definition) is 3. The number of phenols is 1. The van der Waals surface area contributed by atoms with Crippen LogP contribution in [0, 0.1) is 6.92 Å². The van der Waals surface area contributed by atoms with Crippen LogP contribution in [0.3, 0.4) is 0 Å². The van der Waals surface area contributed by atoms with Gasteiger partial charge in [-0.1, -0.05) is 73.7 Å². The minimum atomic E-state index is -1.07. The van der Waals surface area contributed by atoms with Crippen molar-refractivity contribution in [2.45, 2.75) is 78.1 Å². The third-order valence-electron chi connectivity index (χ3n) is 7.67. The molecule has 0 saturated heterocycles. The number of hydrogen-bond acceptors (Lipinski definition) is 5. The molecule has 0 aliphatic heterocycles. The standard InChI is InChI=1S/C37H43N3O5/c1-7-25(3)40(35(43)31(22-26-13-9-8-10-14-26)39-36(44)45-37(4,5)6)33(29-18-20-32(41)24(2)21-29)34(42)38-30-19-17-27-15-11-12-16-28(27)23-30/h8-21,23,25,31,33,41H,7,22H2,1-6H3,(H,38,42)(H,39,44). The van der Waals surface area contributed by atoms with Crippen LogP contribution in [0.4, 0.5) is 10.5 Å². The molecule has 8 heteroatoms. The minimum absolute atomic E-state index is 0.0856. The molecule has 0 fully saturated rings. The quantitative estimate of drug-likeness (QED) is 0.175. The highest BCUT2D eigenvalue weighted by atomic mass is 16.6. The molecule has 45 heavy (non-hydrogen) atoms. The van der Waals surface area contributed by atoms with Crippen molar-refractivity contribution >= 4 is 34.4 Å². The van der Waals surface area contributed by atoms with Crippen LogP contribution < -0.4 is 10.6 Å². The Bertz CT molecular complexity index is 1650. The van der Waals surface area contributed by atoms with Gasteiger partial charge >= 0.3 is 6.09 Å². The average Bonchev–Trinajstić information content (AvgIpc) is 2.99. The average molecular weight is 610 g/mol. The molecule has 8 nitrogen and oxygen atoms in total. The summed E-state index contributed by atoms with van der Waals surface area (Å²) in [6.07, 6.45) is 0.0190. The van der Waals surface area contributed by atoms with Crippen molar-refractivity contribution in [1.82, 2.24) is 10.2 Å². The zero-order valence-corrected chi connectivity index (χ0v) is 26.8. The second-order valence-electron chi connectivity index (χ2n) is 12.4. The third-order valence-corrected chi connectivity index (χ3v) is 7.67. The monoisotopic (exact) mass is 609 g/mol. The van der Waals surface area contributed by atoms with Crippen LogP contribution in [0.1, 0.15) is 63.8 Å². The molecule has 4 rings (SSSR count). The lowest BCUT2D eigenvalue weighted by Gasteiger charge is -2.38. The number of ether oxygens (including phenoxy) is 1. The summed E-state index contributed by atoms with van der Waals surface area (Å²) >= 11 is 0. The van der Waals surface area contributed by atoms with Crippen LogP contribution in [0.2, 0.25) is 0 Å². The first kappa shape index (κ1) is 33.1. The van der Waals surface area contributed by atoms with Crippen LogP contribution in [0.25, 0.3) is 10.8 Å². The maximum Gasteiger partial charge on any atom is 0.408 e. The Balaban J connectivity index is 1.78. The number of rotatable bonds is 10. The summed E-state index contributed by atoms with van der Waals surface area (Å²) in [5, 5.41) is 18.1. The SMILES string of the molecule is CCC(C)N(C(=O)C(Cc1ccccc1)NC(=O)OC(C)(C)C)C(C(=O)Nc1ccc2ccccc2c1)c1ccc(O)c(C)c1. The molecule has 0 heterocycles. The van der Waals surface area contributed by atoms with Crippen LogP contribution in [-0.4, -0.2) is 45.6 Å². The summed E-state index contributed by atoms with van der Waals surface area (Å²) in [6, 6.07) is 25.3. The van der Waals surface area contributed by atoms with Gasteiger partial charge in [-0.05, 0) is 92.8 Å². The first-order valence-electron chi connectivity index (χ1n) is 15.3. The summed E-state index contributed by atoms with van der Waals surface area (Å²) in [4.78, 5) is 43.6. The molecule has 0 aliphatic rings. The van der Waals surface area contributed by atoms with Gasteiger partial charge in [-0.3, -0.25) is 9.59 Å². The Kier molecular flexibility index (Phi) is 10.5. The second kappa shape index (κ2) is 14.3. The number of carbonyl (C=O) groups excluding carboxylic acids is 3. The van der Waals surface area contributed by atoms with Crippen LogP contribution >= 0.6 is 0 Å². The predicted octanol–water partition coefficient (Wildman–Crippen LogP) is 7.30. The highest BCUT2D eigenvalue weighted by molar-refractivity contribution is 6.00. The van der Waals surface area contributed by atoms with E-state index in [0.717, 1.165) is 16.3 Å². The molecule has 3 amide bonds. The van der Waals surface area contributed by atoms with Gasteiger partial charge in [-0.2, -0.15) is 0 Å². The summed E-state index contributed by atoms with van der Waals surface area (Å²) < 4.78 is 5.53. The van der Waals surface area contributed by atoms with E-state index >= 15 is 0 Å². The fraction of sp³-hybridized carbons (Fsp3) is 0.324. The Morgan fingerprint density at radius 2 is 1.56 bits per heavy atom. The van der Waals surface area contributed by atoms with Gasteiger partial charge in [0.2, 0.25) is 5.91 Å². The first-order chi connectivity index (χ1) is 21.4. The van der Waals surface area contributed by atoms with E-state index in [9.17, 15) is 19.5 Å². The number of amides is 3. The minimum Gasteiger partial charge on any atom is -0.508 e. The molecular weight excluding hydrogens is 566 g/mol. The van der Waals surface area contributed by atoms with Gasteiger partial charge in [0.05, 0.1) is 0 Å². The fourth-order valence-electron chi connectivity index (χ4n) is 5.24. The van der Waals surface area contributed by atoms with Gasteiger partial charge in [0, 0.05) is 18.2 Å². The van der Waals surface area contributed by atoms with Gasteiger partial charge in [0.1, 0.15) is 23.4 Å². The van der Waals surface area contributed by atoms with Crippen molar-refractivity contribution < 1.29 is 24.2 Å². The number of phenolic OH excluding ortho intramolecular Hbond substituents is 1. The highest BCUT2D eigenvalue weighted by Gasteiger charge is 2.39. The molecule has 0 aromatic heterocycles. The van der Waals surface area contributed by atoms with Gasteiger partial charge in [-0.25, -0.2) is 4.79 Å². The van der Waals surface area contributed by atoms with Crippen molar-refractivity contribution in [2.75, 3.05) is 5.32 Å². The lowest BCUT2D eigenvalue weighted by Crippen LogP contribution is -2.55. The number of aromatic hydroxyl groups is 1.